The highest BCUT2D eigenvalue weighted by Gasteiger charge is 2.29. The van der Waals surface area contributed by atoms with Crippen LogP contribution in [0.5, 0.6) is 5.75 Å². The van der Waals surface area contributed by atoms with Crippen molar-refractivity contribution >= 4 is 22.4 Å². The molecule has 5 nitrogen and oxygen atoms in total. The largest absolute Gasteiger partial charge is 0.496 e. The lowest BCUT2D eigenvalue weighted by Crippen LogP contribution is -2.38. The average molecular weight is 335 g/mol. The Morgan fingerprint density at radius 3 is 2.29 bits per heavy atom. The number of sulfonamides is 1. The Labute approximate surface area is 132 Å². The third-order valence-corrected chi connectivity index (χ3v) is 5.09. The summed E-state index contributed by atoms with van der Waals surface area (Å²) in [5, 5.41) is 0. The fraction of sp³-hybridized carbons (Fsp3) is 0.571. The van der Waals surface area contributed by atoms with E-state index < -0.39 is 10.0 Å². The van der Waals surface area contributed by atoms with Crippen LogP contribution < -0.4 is 15.2 Å². The number of hydrogen-bond donors (Lipinski definition) is 2. The lowest BCUT2D eigenvalue weighted by atomic mass is 10.1. The second kappa shape index (κ2) is 6.96. The Bertz CT molecular complexity index is 577. The smallest absolute Gasteiger partial charge is 0.240 e. The molecule has 3 N–H and O–H groups in total. The highest BCUT2D eigenvalue weighted by Crippen LogP contribution is 2.31. The van der Waals surface area contributed by atoms with Gasteiger partial charge in [0.1, 0.15) is 5.75 Å². The molecule has 2 rings (SSSR count). The van der Waals surface area contributed by atoms with Gasteiger partial charge in [-0.2, -0.15) is 0 Å². The third-order valence-electron chi connectivity index (χ3n) is 3.68. The molecule has 0 radical (unpaired) electrons. The summed E-state index contributed by atoms with van der Waals surface area (Å²) in [6.45, 7) is 3.96. The quantitative estimate of drug-likeness (QED) is 0.830. The van der Waals surface area contributed by atoms with Crippen LogP contribution in [0.4, 0.5) is 0 Å². The number of halogens is 1. The summed E-state index contributed by atoms with van der Waals surface area (Å²) in [5.41, 5.74) is 7.53. The van der Waals surface area contributed by atoms with Gasteiger partial charge in [0.05, 0.1) is 12.0 Å². The molecule has 1 saturated carbocycles. The zero-order valence-corrected chi connectivity index (χ0v) is 14.2. The number of methoxy groups -OCH3 is 1. The van der Waals surface area contributed by atoms with Gasteiger partial charge in [-0.1, -0.05) is 0 Å². The normalized spacial score (nSPS) is 16.2. The summed E-state index contributed by atoms with van der Waals surface area (Å²) in [7, 11) is -1.94. The van der Waals surface area contributed by atoms with Gasteiger partial charge in [-0.05, 0) is 55.9 Å². The van der Waals surface area contributed by atoms with Crippen molar-refractivity contribution in [3.8, 4) is 5.75 Å². The number of nitrogens with one attached hydrogen (secondary N) is 1. The molecule has 1 atom stereocenters. The Kier molecular flexibility index (Phi) is 6.04. The van der Waals surface area contributed by atoms with Crippen molar-refractivity contribution in [2.24, 2.45) is 11.7 Å². The highest BCUT2D eigenvalue weighted by molar-refractivity contribution is 7.89. The summed E-state index contributed by atoms with van der Waals surface area (Å²) < 4.78 is 32.4. The zero-order valence-electron chi connectivity index (χ0n) is 12.5. The standard InChI is InChI=1S/C14H22N2O3S.ClH/c1-9-6-12(7-10(2)14(9)19-3)20(17,18)16-8-13(15)11-4-5-11;/h6-7,11,13,16H,4-5,8,15H2,1-3H3;1H. The number of ether oxygens (including phenoxy) is 1. The van der Waals surface area contributed by atoms with Crippen LogP contribution in [0.2, 0.25) is 0 Å². The molecule has 120 valence electrons. The minimum absolute atomic E-state index is 0. The van der Waals surface area contributed by atoms with Gasteiger partial charge in [0.2, 0.25) is 10.0 Å². The third kappa shape index (κ3) is 4.32. The molecule has 1 unspecified atom stereocenters. The number of hydrogen-bond acceptors (Lipinski definition) is 4. The van der Waals surface area contributed by atoms with Crippen molar-refractivity contribution in [1.82, 2.24) is 4.72 Å². The Hall–Kier alpha value is -0.820. The highest BCUT2D eigenvalue weighted by atomic mass is 35.5. The van der Waals surface area contributed by atoms with Gasteiger partial charge >= 0.3 is 0 Å². The molecule has 0 heterocycles. The van der Waals surface area contributed by atoms with Gasteiger partial charge in [-0.15, -0.1) is 12.4 Å². The molecule has 0 amide bonds. The first-order valence-corrected chi connectivity index (χ1v) is 8.24. The number of nitrogens with two attached hydrogens (primary N) is 1. The van der Waals surface area contributed by atoms with Crippen molar-refractivity contribution < 1.29 is 13.2 Å². The second-order valence-electron chi connectivity index (χ2n) is 5.44. The Morgan fingerprint density at radius 2 is 1.86 bits per heavy atom. The topological polar surface area (TPSA) is 81.4 Å². The first-order chi connectivity index (χ1) is 9.35. The van der Waals surface area contributed by atoms with Crippen LogP contribution in [0.15, 0.2) is 17.0 Å². The molecule has 0 spiro atoms. The van der Waals surface area contributed by atoms with Crippen molar-refractivity contribution in [2.45, 2.75) is 37.6 Å². The molecule has 0 saturated heterocycles. The van der Waals surface area contributed by atoms with Crippen molar-refractivity contribution in [3.63, 3.8) is 0 Å². The van der Waals surface area contributed by atoms with E-state index in [1.165, 1.54) is 0 Å². The SMILES string of the molecule is COc1c(C)cc(S(=O)(=O)NCC(N)C2CC2)cc1C.Cl. The molecule has 7 heteroatoms. The maximum atomic E-state index is 12.3. The predicted octanol–water partition coefficient (Wildman–Crippen LogP) is 1.75. The number of aryl methyl sites for hydroxylation is 2. The fourth-order valence-corrected chi connectivity index (χ4v) is 3.61. The van der Waals surface area contributed by atoms with Crippen LogP contribution in [-0.2, 0) is 10.0 Å². The molecule has 0 aromatic heterocycles. The zero-order chi connectivity index (χ0) is 14.9. The van der Waals surface area contributed by atoms with Crippen LogP contribution in [0.25, 0.3) is 0 Å². The molecule has 1 aromatic rings. The van der Waals surface area contributed by atoms with E-state index >= 15 is 0 Å². The van der Waals surface area contributed by atoms with Gasteiger partial charge in [0.15, 0.2) is 0 Å². The van der Waals surface area contributed by atoms with Crippen LogP contribution in [-0.4, -0.2) is 28.1 Å². The molecule has 21 heavy (non-hydrogen) atoms. The van der Waals surface area contributed by atoms with Crippen LogP contribution in [0, 0.1) is 19.8 Å². The molecule has 1 fully saturated rings. The summed E-state index contributed by atoms with van der Waals surface area (Å²) in [4.78, 5) is 0.260. The van der Waals surface area contributed by atoms with Crippen LogP contribution in [0.3, 0.4) is 0 Å². The van der Waals surface area contributed by atoms with Crippen molar-refractivity contribution in [2.75, 3.05) is 13.7 Å². The molecular weight excluding hydrogens is 312 g/mol. The predicted molar refractivity (Wildman–Crippen MR) is 85.6 cm³/mol. The van der Waals surface area contributed by atoms with Crippen molar-refractivity contribution in [3.05, 3.63) is 23.3 Å². The first-order valence-electron chi connectivity index (χ1n) is 6.75. The van der Waals surface area contributed by atoms with Crippen LogP contribution >= 0.6 is 12.4 Å². The van der Waals surface area contributed by atoms with E-state index in [2.05, 4.69) is 4.72 Å². The van der Waals surface area contributed by atoms with Crippen molar-refractivity contribution in [1.29, 1.82) is 0 Å². The summed E-state index contributed by atoms with van der Waals surface area (Å²) in [6.07, 6.45) is 2.20. The van der Waals surface area contributed by atoms with Gasteiger partial charge in [0.25, 0.3) is 0 Å². The van der Waals surface area contributed by atoms with Gasteiger partial charge < -0.3 is 10.5 Å². The van der Waals surface area contributed by atoms with Crippen LogP contribution in [0.1, 0.15) is 24.0 Å². The summed E-state index contributed by atoms with van der Waals surface area (Å²) >= 11 is 0. The number of benzene rings is 1. The maximum Gasteiger partial charge on any atom is 0.240 e. The first kappa shape index (κ1) is 18.2. The molecule has 0 aliphatic heterocycles. The lowest BCUT2D eigenvalue weighted by Gasteiger charge is -2.14. The van der Waals surface area contributed by atoms with E-state index in [4.69, 9.17) is 10.5 Å². The van der Waals surface area contributed by atoms with Gasteiger partial charge in [0, 0.05) is 12.6 Å². The second-order valence-corrected chi connectivity index (χ2v) is 7.21. The van der Waals surface area contributed by atoms with Gasteiger partial charge in [-0.25, -0.2) is 13.1 Å². The van der Waals surface area contributed by atoms with Gasteiger partial charge in [-0.3, -0.25) is 0 Å². The Morgan fingerprint density at radius 1 is 1.33 bits per heavy atom. The molecule has 1 aromatic carbocycles. The fourth-order valence-electron chi connectivity index (χ4n) is 2.37. The van der Waals surface area contributed by atoms with E-state index in [9.17, 15) is 8.42 Å². The van der Waals surface area contributed by atoms with E-state index in [0.29, 0.717) is 5.92 Å². The van der Waals surface area contributed by atoms with E-state index in [0.717, 1.165) is 29.7 Å². The van der Waals surface area contributed by atoms with E-state index in [1.807, 2.05) is 13.8 Å². The lowest BCUT2D eigenvalue weighted by molar-refractivity contribution is 0.408. The summed E-state index contributed by atoms with van der Waals surface area (Å²) in [6, 6.07) is 3.15. The summed E-state index contributed by atoms with van der Waals surface area (Å²) in [5.74, 6) is 1.19. The Balaban J connectivity index is 0.00000220. The minimum atomic E-state index is -3.52. The molecule has 1 aliphatic rings. The van der Waals surface area contributed by atoms with E-state index in [1.54, 1.807) is 19.2 Å². The molecule has 0 bridgehead atoms. The minimum Gasteiger partial charge on any atom is -0.496 e. The van der Waals surface area contributed by atoms with E-state index in [-0.39, 0.29) is 29.9 Å². The molecular formula is C14H23ClN2O3S. The monoisotopic (exact) mass is 334 g/mol. The maximum absolute atomic E-state index is 12.3. The number of rotatable bonds is 6. The molecule has 1 aliphatic carbocycles. The average Bonchev–Trinajstić information content (AvgIpc) is 3.20.